The first kappa shape index (κ1) is 16.1. The molecule has 3 aromatic rings. The van der Waals surface area contributed by atoms with Crippen molar-refractivity contribution in [1.29, 1.82) is 0 Å². The summed E-state index contributed by atoms with van der Waals surface area (Å²) in [6, 6.07) is 16.9. The third kappa shape index (κ3) is 3.78. The van der Waals surface area contributed by atoms with E-state index in [1.807, 2.05) is 12.1 Å². The Morgan fingerprint density at radius 3 is 2.62 bits per heavy atom. The van der Waals surface area contributed by atoms with Crippen molar-refractivity contribution in [2.75, 3.05) is 7.11 Å². The van der Waals surface area contributed by atoms with Gasteiger partial charge in [-0.2, -0.15) is 0 Å². The molecule has 1 atom stereocenters. The maximum Gasteiger partial charge on any atom is 0.128 e. The largest absolute Gasteiger partial charge is 0.496 e. The SMILES string of the molecule is COc1ccc(CN[C@H](C)c2ccccc2)cc1-c1cnccn1. The molecule has 0 aliphatic carbocycles. The molecule has 1 heterocycles. The Labute approximate surface area is 142 Å². The van der Waals surface area contributed by atoms with E-state index < -0.39 is 0 Å². The summed E-state index contributed by atoms with van der Waals surface area (Å²) in [6.45, 7) is 2.94. The van der Waals surface area contributed by atoms with Crippen LogP contribution in [0.1, 0.15) is 24.1 Å². The average Bonchev–Trinajstić information content (AvgIpc) is 2.67. The minimum absolute atomic E-state index is 0.285. The molecule has 0 radical (unpaired) electrons. The number of nitrogens with one attached hydrogen (secondary N) is 1. The van der Waals surface area contributed by atoms with E-state index in [1.165, 1.54) is 11.1 Å². The number of hydrogen-bond acceptors (Lipinski definition) is 4. The molecule has 0 saturated carbocycles. The van der Waals surface area contributed by atoms with E-state index in [0.29, 0.717) is 0 Å². The van der Waals surface area contributed by atoms with Gasteiger partial charge >= 0.3 is 0 Å². The van der Waals surface area contributed by atoms with E-state index >= 15 is 0 Å². The van der Waals surface area contributed by atoms with Crippen molar-refractivity contribution in [3.63, 3.8) is 0 Å². The van der Waals surface area contributed by atoms with E-state index in [1.54, 1.807) is 25.7 Å². The van der Waals surface area contributed by atoms with Crippen molar-refractivity contribution in [3.8, 4) is 17.0 Å². The minimum atomic E-state index is 0.285. The summed E-state index contributed by atoms with van der Waals surface area (Å²) < 4.78 is 5.46. The smallest absolute Gasteiger partial charge is 0.128 e. The van der Waals surface area contributed by atoms with Gasteiger partial charge in [-0.25, -0.2) is 0 Å². The number of methoxy groups -OCH3 is 1. The van der Waals surface area contributed by atoms with E-state index in [-0.39, 0.29) is 6.04 Å². The molecule has 0 fully saturated rings. The lowest BCUT2D eigenvalue weighted by Gasteiger charge is -2.15. The Morgan fingerprint density at radius 1 is 1.08 bits per heavy atom. The molecule has 1 aromatic heterocycles. The lowest BCUT2D eigenvalue weighted by molar-refractivity contribution is 0.416. The van der Waals surface area contributed by atoms with Gasteiger partial charge in [0.2, 0.25) is 0 Å². The quantitative estimate of drug-likeness (QED) is 0.746. The summed E-state index contributed by atoms with van der Waals surface area (Å²) in [5.41, 5.74) is 4.23. The van der Waals surface area contributed by atoms with Gasteiger partial charge in [-0.3, -0.25) is 9.97 Å². The van der Waals surface area contributed by atoms with Gasteiger partial charge in [0.1, 0.15) is 5.75 Å². The van der Waals surface area contributed by atoms with Crippen LogP contribution in [0.3, 0.4) is 0 Å². The van der Waals surface area contributed by atoms with Crippen LogP contribution in [0.25, 0.3) is 11.3 Å². The molecule has 0 unspecified atom stereocenters. The summed E-state index contributed by atoms with van der Waals surface area (Å²) in [6.07, 6.45) is 5.11. The number of benzene rings is 2. The van der Waals surface area contributed by atoms with Crippen molar-refractivity contribution in [1.82, 2.24) is 15.3 Å². The van der Waals surface area contributed by atoms with Crippen LogP contribution in [0.15, 0.2) is 67.1 Å². The van der Waals surface area contributed by atoms with Crippen LogP contribution < -0.4 is 10.1 Å². The summed E-state index contributed by atoms with van der Waals surface area (Å²) >= 11 is 0. The summed E-state index contributed by atoms with van der Waals surface area (Å²) in [5, 5.41) is 3.55. The van der Waals surface area contributed by atoms with Gasteiger partial charge < -0.3 is 10.1 Å². The Balaban J connectivity index is 1.77. The summed E-state index contributed by atoms with van der Waals surface area (Å²) in [5.74, 6) is 0.801. The van der Waals surface area contributed by atoms with Crippen LogP contribution in [0.2, 0.25) is 0 Å². The molecular formula is C20H21N3O. The summed E-state index contributed by atoms with van der Waals surface area (Å²) in [4.78, 5) is 8.52. The Hall–Kier alpha value is -2.72. The fraction of sp³-hybridized carbons (Fsp3) is 0.200. The number of aromatic nitrogens is 2. The highest BCUT2D eigenvalue weighted by Gasteiger charge is 2.10. The monoisotopic (exact) mass is 319 g/mol. The molecule has 0 spiro atoms. The zero-order chi connectivity index (χ0) is 16.8. The second kappa shape index (κ2) is 7.70. The molecule has 4 nitrogen and oxygen atoms in total. The van der Waals surface area contributed by atoms with Crippen LogP contribution in [-0.4, -0.2) is 17.1 Å². The van der Waals surface area contributed by atoms with Crippen molar-refractivity contribution in [3.05, 3.63) is 78.2 Å². The van der Waals surface area contributed by atoms with Crippen LogP contribution in [0.4, 0.5) is 0 Å². The number of ether oxygens (including phenoxy) is 1. The molecule has 122 valence electrons. The van der Waals surface area contributed by atoms with E-state index in [2.05, 4.69) is 58.6 Å². The van der Waals surface area contributed by atoms with E-state index in [9.17, 15) is 0 Å². The molecule has 1 N–H and O–H groups in total. The maximum atomic E-state index is 5.46. The molecule has 4 heteroatoms. The van der Waals surface area contributed by atoms with Gasteiger partial charge in [-0.1, -0.05) is 36.4 Å². The van der Waals surface area contributed by atoms with Crippen LogP contribution >= 0.6 is 0 Å². The topological polar surface area (TPSA) is 47.0 Å². The highest BCUT2D eigenvalue weighted by Crippen LogP contribution is 2.29. The van der Waals surface area contributed by atoms with Crippen molar-refractivity contribution in [2.45, 2.75) is 19.5 Å². The Bertz CT molecular complexity index is 775. The fourth-order valence-electron chi connectivity index (χ4n) is 2.63. The second-order valence-corrected chi connectivity index (χ2v) is 5.64. The first-order valence-corrected chi connectivity index (χ1v) is 7.99. The summed E-state index contributed by atoms with van der Waals surface area (Å²) in [7, 11) is 1.67. The Morgan fingerprint density at radius 2 is 1.92 bits per heavy atom. The first-order chi connectivity index (χ1) is 11.8. The van der Waals surface area contributed by atoms with Crippen molar-refractivity contribution in [2.24, 2.45) is 0 Å². The maximum absolute atomic E-state index is 5.46. The molecular weight excluding hydrogens is 298 g/mol. The molecule has 0 bridgehead atoms. The molecule has 0 aliphatic heterocycles. The highest BCUT2D eigenvalue weighted by molar-refractivity contribution is 5.67. The van der Waals surface area contributed by atoms with Crippen molar-refractivity contribution < 1.29 is 4.74 Å². The number of nitrogens with zero attached hydrogens (tertiary/aromatic N) is 2. The van der Waals surface area contributed by atoms with Gasteiger partial charge in [0.25, 0.3) is 0 Å². The van der Waals surface area contributed by atoms with E-state index in [4.69, 9.17) is 4.74 Å². The highest BCUT2D eigenvalue weighted by atomic mass is 16.5. The van der Waals surface area contributed by atoms with Crippen LogP contribution in [0.5, 0.6) is 5.75 Å². The molecule has 0 saturated heterocycles. The number of hydrogen-bond donors (Lipinski definition) is 1. The van der Waals surface area contributed by atoms with Gasteiger partial charge in [0.15, 0.2) is 0 Å². The molecule has 3 rings (SSSR count). The van der Waals surface area contributed by atoms with Gasteiger partial charge in [-0.15, -0.1) is 0 Å². The van der Waals surface area contributed by atoms with Crippen LogP contribution in [-0.2, 0) is 6.54 Å². The van der Waals surface area contributed by atoms with Gasteiger partial charge in [-0.05, 0) is 30.2 Å². The second-order valence-electron chi connectivity index (χ2n) is 5.64. The minimum Gasteiger partial charge on any atom is -0.496 e. The molecule has 24 heavy (non-hydrogen) atoms. The van der Waals surface area contributed by atoms with Gasteiger partial charge in [0, 0.05) is 30.5 Å². The standard InChI is InChI=1S/C20H21N3O/c1-15(17-6-4-3-5-7-17)23-13-16-8-9-20(24-2)18(12-16)19-14-21-10-11-22-19/h3-12,14-15,23H,13H2,1-2H3/t15-/m1/s1. The first-order valence-electron chi connectivity index (χ1n) is 7.99. The third-order valence-corrected chi connectivity index (χ3v) is 4.01. The lowest BCUT2D eigenvalue weighted by Crippen LogP contribution is -2.18. The third-order valence-electron chi connectivity index (χ3n) is 4.01. The van der Waals surface area contributed by atoms with Crippen molar-refractivity contribution >= 4 is 0 Å². The van der Waals surface area contributed by atoms with Crippen LogP contribution in [0, 0.1) is 0 Å². The predicted octanol–water partition coefficient (Wildman–Crippen LogP) is 4.00. The molecule has 0 aliphatic rings. The zero-order valence-electron chi connectivity index (χ0n) is 13.9. The Kier molecular flexibility index (Phi) is 5.18. The average molecular weight is 319 g/mol. The normalized spacial score (nSPS) is 11.9. The van der Waals surface area contributed by atoms with Gasteiger partial charge in [0.05, 0.1) is 19.0 Å². The van der Waals surface area contributed by atoms with E-state index in [0.717, 1.165) is 23.6 Å². The lowest BCUT2D eigenvalue weighted by atomic mass is 10.1. The molecule has 0 amide bonds. The number of rotatable bonds is 6. The predicted molar refractivity (Wildman–Crippen MR) is 95.7 cm³/mol. The zero-order valence-corrected chi connectivity index (χ0v) is 13.9. The molecule has 2 aromatic carbocycles. The fourth-order valence-corrected chi connectivity index (χ4v) is 2.63.